The molecule has 0 atom stereocenters. The Morgan fingerprint density at radius 2 is 1.73 bits per heavy atom. The minimum absolute atomic E-state index is 0.0400. The second kappa shape index (κ2) is 8.85. The first-order valence-electron chi connectivity index (χ1n) is 8.44. The van der Waals surface area contributed by atoms with Crippen LogP contribution in [0.25, 0.3) is 0 Å². The smallest absolute Gasteiger partial charge is 0.259 e. The van der Waals surface area contributed by atoms with E-state index >= 15 is 0 Å². The van der Waals surface area contributed by atoms with Crippen molar-refractivity contribution in [1.82, 2.24) is 5.32 Å². The molecule has 2 N–H and O–H groups in total. The first-order chi connectivity index (χ1) is 12.3. The van der Waals surface area contributed by atoms with Crippen molar-refractivity contribution < 1.29 is 14.3 Å². The molecule has 0 unspecified atom stereocenters. The molecule has 0 bridgehead atoms. The lowest BCUT2D eigenvalue weighted by molar-refractivity contribution is 0.0941. The highest BCUT2D eigenvalue weighted by atomic mass is 79.9. The van der Waals surface area contributed by atoms with Crippen molar-refractivity contribution in [3.63, 3.8) is 0 Å². The maximum atomic E-state index is 12.7. The molecule has 2 rings (SSSR count). The summed E-state index contributed by atoms with van der Waals surface area (Å²) >= 11 is 3.38. The molecule has 2 aromatic rings. The molecular formula is C20H23BrN2O3. The lowest BCUT2D eigenvalue weighted by atomic mass is 10.1. The molecule has 0 spiro atoms. The van der Waals surface area contributed by atoms with Crippen molar-refractivity contribution in [2.24, 2.45) is 0 Å². The van der Waals surface area contributed by atoms with Crippen LogP contribution in [0.5, 0.6) is 5.75 Å². The molecule has 0 saturated heterocycles. The first-order valence-corrected chi connectivity index (χ1v) is 9.24. The van der Waals surface area contributed by atoms with E-state index in [9.17, 15) is 9.59 Å². The third kappa shape index (κ3) is 5.59. The van der Waals surface area contributed by atoms with Gasteiger partial charge in [-0.1, -0.05) is 22.0 Å². The van der Waals surface area contributed by atoms with E-state index in [1.54, 1.807) is 36.4 Å². The third-order valence-electron chi connectivity index (χ3n) is 3.35. The maximum Gasteiger partial charge on any atom is 0.259 e. The van der Waals surface area contributed by atoms with Crippen LogP contribution in [-0.2, 0) is 0 Å². The van der Waals surface area contributed by atoms with Gasteiger partial charge in [0.15, 0.2) is 0 Å². The summed E-state index contributed by atoms with van der Waals surface area (Å²) in [5.74, 6) is 0.0279. The van der Waals surface area contributed by atoms with Crippen LogP contribution in [0.2, 0.25) is 0 Å². The van der Waals surface area contributed by atoms with Gasteiger partial charge in [0.1, 0.15) is 5.75 Å². The van der Waals surface area contributed by atoms with Crippen molar-refractivity contribution in [3.8, 4) is 5.75 Å². The van der Waals surface area contributed by atoms with Gasteiger partial charge in [0.2, 0.25) is 0 Å². The van der Waals surface area contributed by atoms with E-state index < -0.39 is 0 Å². The Morgan fingerprint density at radius 1 is 1.00 bits per heavy atom. The number of benzene rings is 2. The van der Waals surface area contributed by atoms with Crippen LogP contribution in [0, 0.1) is 0 Å². The highest BCUT2D eigenvalue weighted by Gasteiger charge is 2.15. The van der Waals surface area contributed by atoms with Gasteiger partial charge in [0, 0.05) is 21.8 Å². The monoisotopic (exact) mass is 418 g/mol. The molecule has 0 aromatic heterocycles. The van der Waals surface area contributed by atoms with Gasteiger partial charge in [-0.05, 0) is 64.1 Å². The minimum atomic E-state index is -0.302. The number of rotatable bonds is 6. The fraction of sp³-hybridized carbons (Fsp3) is 0.300. The van der Waals surface area contributed by atoms with Crippen LogP contribution in [0.3, 0.4) is 0 Å². The zero-order valence-corrected chi connectivity index (χ0v) is 16.9. The Morgan fingerprint density at radius 3 is 2.38 bits per heavy atom. The number of hydrogen-bond acceptors (Lipinski definition) is 3. The van der Waals surface area contributed by atoms with Crippen molar-refractivity contribution >= 4 is 33.4 Å². The lowest BCUT2D eigenvalue weighted by Crippen LogP contribution is -2.30. The molecule has 0 aliphatic carbocycles. The van der Waals surface area contributed by atoms with E-state index in [0.29, 0.717) is 22.6 Å². The maximum absolute atomic E-state index is 12.7. The standard InChI is InChI=1S/C20H23BrN2O3/c1-12(2)22-19(24)14-6-5-7-16(10-14)23-20(25)17-11-15(21)8-9-18(17)26-13(3)4/h5-13H,1-4H3,(H,22,24)(H,23,25). The van der Waals surface area contributed by atoms with Crippen molar-refractivity contribution in [1.29, 1.82) is 0 Å². The van der Waals surface area contributed by atoms with Gasteiger partial charge in [-0.25, -0.2) is 0 Å². The van der Waals surface area contributed by atoms with Gasteiger partial charge >= 0.3 is 0 Å². The van der Waals surface area contributed by atoms with Crippen molar-refractivity contribution in [2.75, 3.05) is 5.32 Å². The first kappa shape index (κ1) is 20.0. The fourth-order valence-corrected chi connectivity index (χ4v) is 2.68. The molecule has 2 amide bonds. The Hall–Kier alpha value is -2.34. The van der Waals surface area contributed by atoms with Gasteiger partial charge in [-0.15, -0.1) is 0 Å². The Bertz CT molecular complexity index is 803. The van der Waals surface area contributed by atoms with Crippen LogP contribution < -0.4 is 15.4 Å². The van der Waals surface area contributed by atoms with Crippen LogP contribution in [0.4, 0.5) is 5.69 Å². The number of carbonyl (C=O) groups excluding carboxylic acids is 2. The summed E-state index contributed by atoms with van der Waals surface area (Å²) in [5.41, 5.74) is 1.45. The summed E-state index contributed by atoms with van der Waals surface area (Å²) in [6, 6.07) is 12.2. The fourth-order valence-electron chi connectivity index (χ4n) is 2.32. The Kier molecular flexibility index (Phi) is 6.80. The van der Waals surface area contributed by atoms with Crippen molar-refractivity contribution in [3.05, 3.63) is 58.1 Å². The molecule has 2 aromatic carbocycles. The largest absolute Gasteiger partial charge is 0.490 e. The number of amides is 2. The second-order valence-electron chi connectivity index (χ2n) is 6.47. The van der Waals surface area contributed by atoms with Crippen LogP contribution in [0.15, 0.2) is 46.9 Å². The highest BCUT2D eigenvalue weighted by Crippen LogP contribution is 2.25. The summed E-state index contributed by atoms with van der Waals surface area (Å²) in [6.07, 6.45) is -0.0502. The van der Waals surface area contributed by atoms with Crippen LogP contribution >= 0.6 is 15.9 Å². The van der Waals surface area contributed by atoms with Crippen molar-refractivity contribution in [2.45, 2.75) is 39.8 Å². The predicted octanol–water partition coefficient (Wildman–Crippen LogP) is 4.63. The lowest BCUT2D eigenvalue weighted by Gasteiger charge is -2.15. The van der Waals surface area contributed by atoms with Gasteiger partial charge in [-0.2, -0.15) is 0 Å². The molecular weight excluding hydrogens is 396 g/mol. The van der Waals surface area contributed by atoms with Crippen LogP contribution in [0.1, 0.15) is 48.4 Å². The number of ether oxygens (including phenoxy) is 1. The van der Waals surface area contributed by atoms with E-state index in [2.05, 4.69) is 26.6 Å². The van der Waals surface area contributed by atoms with Gasteiger partial charge in [0.05, 0.1) is 11.7 Å². The summed E-state index contributed by atoms with van der Waals surface area (Å²) < 4.78 is 6.50. The number of hydrogen-bond donors (Lipinski definition) is 2. The highest BCUT2D eigenvalue weighted by molar-refractivity contribution is 9.10. The average Bonchev–Trinajstić information content (AvgIpc) is 2.55. The molecule has 0 fully saturated rings. The zero-order chi connectivity index (χ0) is 19.3. The second-order valence-corrected chi connectivity index (χ2v) is 7.39. The van der Waals surface area contributed by atoms with E-state index in [-0.39, 0.29) is 24.0 Å². The summed E-state index contributed by atoms with van der Waals surface area (Å²) in [7, 11) is 0. The number of halogens is 1. The number of nitrogens with one attached hydrogen (secondary N) is 2. The molecule has 6 heteroatoms. The minimum Gasteiger partial charge on any atom is -0.490 e. The van der Waals surface area contributed by atoms with E-state index in [1.807, 2.05) is 33.8 Å². The Balaban J connectivity index is 2.23. The normalized spacial score (nSPS) is 10.7. The van der Waals surface area contributed by atoms with Crippen LogP contribution in [-0.4, -0.2) is 24.0 Å². The van der Waals surface area contributed by atoms with Gasteiger partial charge in [0.25, 0.3) is 11.8 Å². The average molecular weight is 419 g/mol. The van der Waals surface area contributed by atoms with Gasteiger partial charge < -0.3 is 15.4 Å². The number of anilines is 1. The topological polar surface area (TPSA) is 67.4 Å². The molecule has 5 nitrogen and oxygen atoms in total. The van der Waals surface area contributed by atoms with E-state index in [0.717, 1.165) is 4.47 Å². The predicted molar refractivity (Wildman–Crippen MR) is 107 cm³/mol. The SMILES string of the molecule is CC(C)NC(=O)c1cccc(NC(=O)c2cc(Br)ccc2OC(C)C)c1. The number of carbonyl (C=O) groups is 2. The Labute approximate surface area is 162 Å². The molecule has 0 aliphatic heterocycles. The molecule has 138 valence electrons. The van der Waals surface area contributed by atoms with Gasteiger partial charge in [-0.3, -0.25) is 9.59 Å². The van der Waals surface area contributed by atoms with E-state index in [4.69, 9.17) is 4.74 Å². The molecule has 0 saturated carbocycles. The third-order valence-corrected chi connectivity index (χ3v) is 3.84. The summed E-state index contributed by atoms with van der Waals surface area (Å²) in [5, 5.41) is 5.66. The quantitative estimate of drug-likeness (QED) is 0.718. The molecule has 26 heavy (non-hydrogen) atoms. The molecule has 0 aliphatic rings. The summed E-state index contributed by atoms with van der Waals surface area (Å²) in [4.78, 5) is 24.8. The summed E-state index contributed by atoms with van der Waals surface area (Å²) in [6.45, 7) is 7.60. The zero-order valence-electron chi connectivity index (χ0n) is 15.3. The molecule has 0 radical (unpaired) electrons. The van der Waals surface area contributed by atoms with E-state index in [1.165, 1.54) is 0 Å². The molecule has 0 heterocycles.